The van der Waals surface area contributed by atoms with Crippen molar-refractivity contribution in [2.24, 2.45) is 0 Å². The molecule has 1 aliphatic rings. The fourth-order valence-electron chi connectivity index (χ4n) is 3.32. The van der Waals surface area contributed by atoms with Crippen LogP contribution < -0.4 is 0 Å². The Morgan fingerprint density at radius 3 is 2.80 bits per heavy atom. The minimum Gasteiger partial charge on any atom is -0.340 e. The third-order valence-electron chi connectivity index (χ3n) is 4.56. The van der Waals surface area contributed by atoms with Crippen molar-refractivity contribution in [1.82, 2.24) is 19.9 Å². The highest BCUT2D eigenvalue weighted by Gasteiger charge is 2.29. The van der Waals surface area contributed by atoms with Gasteiger partial charge in [-0.05, 0) is 24.1 Å². The molecule has 0 spiro atoms. The monoisotopic (exact) mass is 362 g/mol. The van der Waals surface area contributed by atoms with E-state index < -0.39 is 0 Å². The Hall–Kier alpha value is -1.92. The summed E-state index contributed by atoms with van der Waals surface area (Å²) >= 11 is 5.94. The van der Waals surface area contributed by atoms with Crippen LogP contribution >= 0.6 is 11.6 Å². The highest BCUT2D eigenvalue weighted by atomic mass is 35.5. The van der Waals surface area contributed by atoms with Gasteiger partial charge >= 0.3 is 0 Å². The third-order valence-corrected chi connectivity index (χ3v) is 4.81. The van der Waals surface area contributed by atoms with Crippen LogP contribution in [0.2, 0.25) is 5.02 Å². The van der Waals surface area contributed by atoms with Crippen LogP contribution in [-0.4, -0.2) is 51.5 Å². The Bertz CT molecular complexity index is 716. The number of aryl methyl sites for hydroxylation is 1. The lowest BCUT2D eigenvalue weighted by molar-refractivity contribution is -0.130. The van der Waals surface area contributed by atoms with E-state index in [2.05, 4.69) is 27.2 Å². The zero-order chi connectivity index (χ0) is 17.8. The van der Waals surface area contributed by atoms with Crippen LogP contribution in [0.3, 0.4) is 0 Å². The van der Waals surface area contributed by atoms with Gasteiger partial charge in [-0.3, -0.25) is 9.69 Å². The molecule has 0 aliphatic carbocycles. The molecule has 1 aliphatic heterocycles. The van der Waals surface area contributed by atoms with Crippen LogP contribution in [0.1, 0.15) is 30.6 Å². The molecule has 0 radical (unpaired) electrons. The zero-order valence-corrected chi connectivity index (χ0v) is 15.4. The molecule has 0 bridgehead atoms. The van der Waals surface area contributed by atoms with Crippen LogP contribution in [0, 0.1) is 6.92 Å². The molecule has 134 valence electrons. The summed E-state index contributed by atoms with van der Waals surface area (Å²) in [6, 6.07) is 8.17. The number of hydrogen-bond acceptors (Lipinski definition) is 5. The van der Waals surface area contributed by atoms with Crippen LogP contribution in [0.5, 0.6) is 0 Å². The number of amides is 1. The summed E-state index contributed by atoms with van der Waals surface area (Å²) in [6.07, 6.45) is 1.60. The number of aromatic nitrogens is 2. The van der Waals surface area contributed by atoms with Gasteiger partial charge in [0.25, 0.3) is 0 Å². The maximum atomic E-state index is 12.1. The second kappa shape index (κ2) is 7.97. The predicted octanol–water partition coefficient (Wildman–Crippen LogP) is 2.70. The number of halogens is 1. The fourth-order valence-corrected chi connectivity index (χ4v) is 3.44. The van der Waals surface area contributed by atoms with Gasteiger partial charge in [0.1, 0.15) is 0 Å². The van der Waals surface area contributed by atoms with Crippen molar-refractivity contribution in [2.75, 3.05) is 19.6 Å². The van der Waals surface area contributed by atoms with Gasteiger partial charge in [0.05, 0.1) is 0 Å². The summed E-state index contributed by atoms with van der Waals surface area (Å²) in [4.78, 5) is 20.6. The van der Waals surface area contributed by atoms with Gasteiger partial charge in [-0.25, -0.2) is 0 Å². The molecule has 2 heterocycles. The molecule has 1 fully saturated rings. The molecule has 0 N–H and O–H groups in total. The van der Waals surface area contributed by atoms with E-state index in [1.54, 1.807) is 13.8 Å². The first-order valence-corrected chi connectivity index (χ1v) is 8.92. The topological polar surface area (TPSA) is 62.5 Å². The lowest BCUT2D eigenvalue weighted by Gasteiger charge is -2.28. The first-order valence-electron chi connectivity index (χ1n) is 8.54. The van der Waals surface area contributed by atoms with Gasteiger partial charge in [-0.15, -0.1) is 0 Å². The Balaban J connectivity index is 1.55. The van der Waals surface area contributed by atoms with Crippen molar-refractivity contribution in [2.45, 2.75) is 39.3 Å². The molecule has 1 unspecified atom stereocenters. The molecule has 7 heteroatoms. The second-order valence-corrected chi connectivity index (χ2v) is 6.93. The van der Waals surface area contributed by atoms with E-state index in [-0.39, 0.29) is 11.9 Å². The molecule has 0 saturated carbocycles. The van der Waals surface area contributed by atoms with Crippen molar-refractivity contribution in [3.8, 4) is 0 Å². The first kappa shape index (κ1) is 17.9. The van der Waals surface area contributed by atoms with Crippen LogP contribution in [-0.2, 0) is 17.8 Å². The van der Waals surface area contributed by atoms with Crippen molar-refractivity contribution in [3.63, 3.8) is 0 Å². The number of rotatable bonds is 6. The van der Waals surface area contributed by atoms with E-state index in [0.717, 1.165) is 31.1 Å². The minimum atomic E-state index is 0.0959. The molecule has 2 aromatic rings. The summed E-state index contributed by atoms with van der Waals surface area (Å²) in [6.45, 7) is 6.76. The number of carbonyl (C=O) groups excluding carboxylic acids is 1. The molecular weight excluding hydrogens is 340 g/mol. The standard InChI is InChI=1S/C18H23ClN4O2/c1-13-20-18(21-25-13)8-10-23(14(2)24)17-7-9-22(12-17)11-15-3-5-16(19)6-4-15/h3-6,17H,7-12H2,1-2H3. The van der Waals surface area contributed by atoms with Gasteiger partial charge in [-0.2, -0.15) is 4.98 Å². The SMILES string of the molecule is CC(=O)N(CCc1noc(C)n1)C1CCN(Cc2ccc(Cl)cc2)C1. The van der Waals surface area contributed by atoms with E-state index >= 15 is 0 Å². The summed E-state index contributed by atoms with van der Waals surface area (Å²) < 4.78 is 4.99. The number of hydrogen-bond donors (Lipinski definition) is 0. The van der Waals surface area contributed by atoms with E-state index in [4.69, 9.17) is 16.1 Å². The maximum absolute atomic E-state index is 12.1. The van der Waals surface area contributed by atoms with Gasteiger partial charge < -0.3 is 9.42 Å². The minimum absolute atomic E-state index is 0.0959. The first-order chi connectivity index (χ1) is 12.0. The maximum Gasteiger partial charge on any atom is 0.223 e. The number of benzene rings is 1. The van der Waals surface area contributed by atoms with Crippen LogP contribution in [0.25, 0.3) is 0 Å². The van der Waals surface area contributed by atoms with Gasteiger partial charge in [-0.1, -0.05) is 28.9 Å². The molecule has 1 aromatic carbocycles. The second-order valence-electron chi connectivity index (χ2n) is 6.50. The quantitative estimate of drug-likeness (QED) is 0.790. The van der Waals surface area contributed by atoms with Crippen molar-refractivity contribution >= 4 is 17.5 Å². The van der Waals surface area contributed by atoms with Gasteiger partial charge in [0.2, 0.25) is 11.8 Å². The Morgan fingerprint density at radius 2 is 2.16 bits per heavy atom. The smallest absolute Gasteiger partial charge is 0.223 e. The fraction of sp³-hybridized carbons (Fsp3) is 0.500. The molecule has 1 saturated heterocycles. The highest BCUT2D eigenvalue weighted by molar-refractivity contribution is 6.30. The Morgan fingerprint density at radius 1 is 1.40 bits per heavy atom. The zero-order valence-electron chi connectivity index (χ0n) is 14.6. The highest BCUT2D eigenvalue weighted by Crippen LogP contribution is 2.19. The van der Waals surface area contributed by atoms with Crippen LogP contribution in [0.4, 0.5) is 0 Å². The average Bonchev–Trinajstić information content (AvgIpc) is 3.19. The molecule has 3 rings (SSSR count). The summed E-state index contributed by atoms with van der Waals surface area (Å²) in [7, 11) is 0. The average molecular weight is 363 g/mol. The summed E-state index contributed by atoms with van der Waals surface area (Å²) in [5.41, 5.74) is 1.24. The molecular formula is C18H23ClN4O2. The summed E-state index contributed by atoms with van der Waals surface area (Å²) in [5, 5.41) is 4.66. The van der Waals surface area contributed by atoms with E-state index in [9.17, 15) is 4.79 Å². The predicted molar refractivity (Wildman–Crippen MR) is 95.3 cm³/mol. The summed E-state index contributed by atoms with van der Waals surface area (Å²) in [5.74, 6) is 1.30. The van der Waals surface area contributed by atoms with Crippen molar-refractivity contribution in [3.05, 3.63) is 46.6 Å². The normalized spacial score (nSPS) is 17.8. The van der Waals surface area contributed by atoms with Crippen molar-refractivity contribution < 1.29 is 9.32 Å². The van der Waals surface area contributed by atoms with Gasteiger partial charge in [0.15, 0.2) is 5.82 Å². The van der Waals surface area contributed by atoms with E-state index in [1.165, 1.54) is 5.56 Å². The number of carbonyl (C=O) groups is 1. The lowest BCUT2D eigenvalue weighted by atomic mass is 10.2. The molecule has 25 heavy (non-hydrogen) atoms. The van der Waals surface area contributed by atoms with E-state index in [1.807, 2.05) is 17.0 Å². The van der Waals surface area contributed by atoms with Gasteiger partial charge in [0, 0.05) is 57.5 Å². The number of nitrogens with zero attached hydrogens (tertiary/aromatic N) is 4. The molecule has 1 atom stereocenters. The van der Waals surface area contributed by atoms with E-state index in [0.29, 0.717) is 24.7 Å². The largest absolute Gasteiger partial charge is 0.340 e. The number of likely N-dealkylation sites (tertiary alicyclic amines) is 1. The lowest BCUT2D eigenvalue weighted by Crippen LogP contribution is -2.42. The third kappa shape index (κ3) is 4.80. The van der Waals surface area contributed by atoms with Crippen LogP contribution in [0.15, 0.2) is 28.8 Å². The molecule has 1 aromatic heterocycles. The molecule has 1 amide bonds. The molecule has 6 nitrogen and oxygen atoms in total. The Kier molecular flexibility index (Phi) is 5.71. The van der Waals surface area contributed by atoms with Crippen molar-refractivity contribution in [1.29, 1.82) is 0 Å². The Labute approximate surface area is 152 Å².